The fraction of sp³-hybridized carbons (Fsp3) is 0.917. The van der Waals surface area contributed by atoms with Crippen LogP contribution in [-0.2, 0) is 4.79 Å². The molecule has 4 heteroatoms. The molecule has 0 bridgehead atoms. The molecule has 1 aliphatic rings. The zero-order chi connectivity index (χ0) is 12.3. The van der Waals surface area contributed by atoms with Gasteiger partial charge in [0.25, 0.3) is 0 Å². The molecule has 0 aromatic carbocycles. The Morgan fingerprint density at radius 2 is 2.12 bits per heavy atom. The Bertz CT molecular complexity index is 253. The third kappa shape index (κ3) is 2.55. The largest absolute Gasteiger partial charge is 0.335 e. The molecule has 1 saturated heterocycles. The minimum Gasteiger partial charge on any atom is -0.335 e. The van der Waals surface area contributed by atoms with Gasteiger partial charge in [0, 0.05) is 25.2 Å². The van der Waals surface area contributed by atoms with Gasteiger partial charge in [-0.15, -0.1) is 0 Å². The normalized spacial score (nSPS) is 26.2. The van der Waals surface area contributed by atoms with E-state index in [0.717, 1.165) is 26.1 Å². The fourth-order valence-electron chi connectivity index (χ4n) is 2.55. The molecule has 0 aromatic rings. The number of amides is 1. The highest BCUT2D eigenvalue weighted by Gasteiger charge is 2.42. The number of rotatable bonds is 4. The Kier molecular flexibility index (Phi) is 4.33. The molecule has 1 amide bonds. The van der Waals surface area contributed by atoms with Crippen LogP contribution in [0.4, 0.5) is 0 Å². The molecule has 0 aliphatic carbocycles. The second-order valence-corrected chi connectivity index (χ2v) is 5.29. The Morgan fingerprint density at radius 3 is 2.62 bits per heavy atom. The van der Waals surface area contributed by atoms with Crippen molar-refractivity contribution in [1.82, 2.24) is 15.1 Å². The van der Waals surface area contributed by atoms with Crippen LogP contribution in [0.5, 0.6) is 0 Å². The molecule has 0 radical (unpaired) electrons. The summed E-state index contributed by atoms with van der Waals surface area (Å²) < 4.78 is 0. The smallest absolute Gasteiger partial charge is 0.241 e. The van der Waals surface area contributed by atoms with Crippen molar-refractivity contribution in [3.63, 3.8) is 0 Å². The second-order valence-electron chi connectivity index (χ2n) is 5.29. The summed E-state index contributed by atoms with van der Waals surface area (Å²) >= 11 is 0. The van der Waals surface area contributed by atoms with Crippen molar-refractivity contribution in [2.24, 2.45) is 0 Å². The molecule has 16 heavy (non-hydrogen) atoms. The standard InChI is InChI=1S/C12H25N3O/c1-6-7-15-11(16)10(8-13-4)14(5)9-12(15,2)3/h10,13H,6-9H2,1-5H3. The van der Waals surface area contributed by atoms with Gasteiger partial charge in [0.1, 0.15) is 6.04 Å². The highest BCUT2D eigenvalue weighted by molar-refractivity contribution is 5.83. The van der Waals surface area contributed by atoms with Crippen molar-refractivity contribution < 1.29 is 4.79 Å². The fourth-order valence-corrected chi connectivity index (χ4v) is 2.55. The molecule has 1 heterocycles. The summed E-state index contributed by atoms with van der Waals surface area (Å²) in [5.41, 5.74) is -0.0495. The zero-order valence-electron chi connectivity index (χ0n) is 11.2. The lowest BCUT2D eigenvalue weighted by atomic mass is 9.95. The van der Waals surface area contributed by atoms with Crippen LogP contribution < -0.4 is 5.32 Å². The average Bonchev–Trinajstić information content (AvgIpc) is 2.18. The van der Waals surface area contributed by atoms with Gasteiger partial charge >= 0.3 is 0 Å². The van der Waals surface area contributed by atoms with Crippen LogP contribution in [0.1, 0.15) is 27.2 Å². The molecule has 4 nitrogen and oxygen atoms in total. The first-order chi connectivity index (χ1) is 7.44. The van der Waals surface area contributed by atoms with Gasteiger partial charge in [0.2, 0.25) is 5.91 Å². The summed E-state index contributed by atoms with van der Waals surface area (Å²) in [5.74, 6) is 0.259. The summed E-state index contributed by atoms with van der Waals surface area (Å²) in [5, 5.41) is 3.10. The van der Waals surface area contributed by atoms with Gasteiger partial charge in [-0.3, -0.25) is 9.69 Å². The monoisotopic (exact) mass is 227 g/mol. The summed E-state index contributed by atoms with van der Waals surface area (Å²) in [7, 11) is 3.93. The number of nitrogens with one attached hydrogen (secondary N) is 1. The molecule has 1 unspecified atom stereocenters. The van der Waals surface area contributed by atoms with Crippen molar-refractivity contribution in [2.45, 2.75) is 38.8 Å². The minimum absolute atomic E-state index is 0.00965. The molecular weight excluding hydrogens is 202 g/mol. The molecule has 0 aromatic heterocycles. The number of hydrogen-bond acceptors (Lipinski definition) is 3. The minimum atomic E-state index is -0.0495. The zero-order valence-corrected chi connectivity index (χ0v) is 11.2. The third-order valence-electron chi connectivity index (χ3n) is 3.29. The van der Waals surface area contributed by atoms with Gasteiger partial charge in [-0.1, -0.05) is 6.92 Å². The lowest BCUT2D eigenvalue weighted by molar-refractivity contribution is -0.150. The van der Waals surface area contributed by atoms with E-state index in [9.17, 15) is 4.79 Å². The Balaban J connectivity index is 2.85. The topological polar surface area (TPSA) is 35.6 Å². The van der Waals surface area contributed by atoms with Gasteiger partial charge in [-0.05, 0) is 34.4 Å². The molecule has 1 rings (SSSR count). The predicted octanol–water partition coefficient (Wildman–Crippen LogP) is 0.537. The van der Waals surface area contributed by atoms with Crippen molar-refractivity contribution in [1.29, 1.82) is 0 Å². The molecule has 1 N–H and O–H groups in total. The van der Waals surface area contributed by atoms with E-state index in [2.05, 4.69) is 31.0 Å². The molecule has 94 valence electrons. The van der Waals surface area contributed by atoms with E-state index in [-0.39, 0.29) is 17.5 Å². The van der Waals surface area contributed by atoms with Crippen molar-refractivity contribution in [3.8, 4) is 0 Å². The van der Waals surface area contributed by atoms with E-state index < -0.39 is 0 Å². The Morgan fingerprint density at radius 1 is 1.50 bits per heavy atom. The molecule has 0 spiro atoms. The number of likely N-dealkylation sites (N-methyl/N-ethyl adjacent to an activating group) is 2. The first-order valence-corrected chi connectivity index (χ1v) is 6.10. The third-order valence-corrected chi connectivity index (χ3v) is 3.29. The van der Waals surface area contributed by atoms with E-state index in [0.29, 0.717) is 0 Å². The summed E-state index contributed by atoms with van der Waals surface area (Å²) in [6, 6.07) is -0.00965. The first-order valence-electron chi connectivity index (χ1n) is 6.10. The van der Waals surface area contributed by atoms with Gasteiger partial charge in [-0.2, -0.15) is 0 Å². The van der Waals surface area contributed by atoms with Crippen LogP contribution in [0.3, 0.4) is 0 Å². The lowest BCUT2D eigenvalue weighted by Gasteiger charge is -2.49. The lowest BCUT2D eigenvalue weighted by Crippen LogP contribution is -2.67. The molecule has 1 fully saturated rings. The van der Waals surface area contributed by atoms with E-state index in [1.807, 2.05) is 19.0 Å². The van der Waals surface area contributed by atoms with Crippen molar-refractivity contribution in [2.75, 3.05) is 33.7 Å². The van der Waals surface area contributed by atoms with Crippen LogP contribution in [0.2, 0.25) is 0 Å². The number of nitrogens with zero attached hydrogens (tertiary/aromatic N) is 2. The van der Waals surface area contributed by atoms with Gasteiger partial charge < -0.3 is 10.2 Å². The van der Waals surface area contributed by atoms with Gasteiger partial charge in [0.05, 0.1) is 0 Å². The maximum absolute atomic E-state index is 12.4. The van der Waals surface area contributed by atoms with Crippen molar-refractivity contribution in [3.05, 3.63) is 0 Å². The number of piperazine rings is 1. The summed E-state index contributed by atoms with van der Waals surface area (Å²) in [4.78, 5) is 16.6. The highest BCUT2D eigenvalue weighted by atomic mass is 16.2. The number of carbonyl (C=O) groups excluding carboxylic acids is 1. The number of hydrogen-bond donors (Lipinski definition) is 1. The summed E-state index contributed by atoms with van der Waals surface area (Å²) in [6.07, 6.45) is 1.02. The average molecular weight is 227 g/mol. The highest BCUT2D eigenvalue weighted by Crippen LogP contribution is 2.24. The van der Waals surface area contributed by atoms with Crippen molar-refractivity contribution >= 4 is 5.91 Å². The number of carbonyl (C=O) groups is 1. The maximum atomic E-state index is 12.4. The Labute approximate surface area is 99.0 Å². The van der Waals surface area contributed by atoms with Crippen LogP contribution in [0.15, 0.2) is 0 Å². The van der Waals surface area contributed by atoms with Crippen LogP contribution in [0.25, 0.3) is 0 Å². The molecular formula is C12H25N3O. The van der Waals surface area contributed by atoms with E-state index in [1.54, 1.807) is 0 Å². The summed E-state index contributed by atoms with van der Waals surface area (Å²) in [6.45, 7) is 8.94. The van der Waals surface area contributed by atoms with E-state index in [1.165, 1.54) is 0 Å². The maximum Gasteiger partial charge on any atom is 0.241 e. The quantitative estimate of drug-likeness (QED) is 0.761. The van der Waals surface area contributed by atoms with E-state index >= 15 is 0 Å². The second kappa shape index (κ2) is 5.15. The first kappa shape index (κ1) is 13.5. The van der Waals surface area contributed by atoms with Crippen LogP contribution in [-0.4, -0.2) is 61.0 Å². The predicted molar refractivity (Wildman–Crippen MR) is 66.4 cm³/mol. The van der Waals surface area contributed by atoms with Gasteiger partial charge in [-0.25, -0.2) is 0 Å². The van der Waals surface area contributed by atoms with E-state index in [4.69, 9.17) is 0 Å². The molecule has 1 atom stereocenters. The van der Waals surface area contributed by atoms with Crippen LogP contribution in [0, 0.1) is 0 Å². The van der Waals surface area contributed by atoms with Gasteiger partial charge in [0.15, 0.2) is 0 Å². The Hall–Kier alpha value is -0.610. The molecule has 1 aliphatic heterocycles. The van der Waals surface area contributed by atoms with Crippen LogP contribution >= 0.6 is 0 Å². The SMILES string of the molecule is CCCN1C(=O)C(CNC)N(C)CC1(C)C. The molecule has 0 saturated carbocycles.